The van der Waals surface area contributed by atoms with Crippen molar-refractivity contribution in [1.29, 1.82) is 0 Å². The topological polar surface area (TPSA) is 55.8 Å². The molecule has 0 bridgehead atoms. The number of ether oxygens (including phenoxy) is 2. The van der Waals surface area contributed by atoms with E-state index < -0.39 is 5.97 Å². The predicted octanol–water partition coefficient (Wildman–Crippen LogP) is 4.64. The molecule has 2 aromatic rings. The van der Waals surface area contributed by atoms with Gasteiger partial charge in [-0.25, -0.2) is 4.39 Å². The Labute approximate surface area is 152 Å². The molecule has 0 spiro atoms. The van der Waals surface area contributed by atoms with Crippen molar-refractivity contribution in [1.82, 2.24) is 0 Å². The molecule has 3 rings (SSSR count). The molecule has 5 heteroatoms. The second-order valence-electron chi connectivity index (χ2n) is 7.08. The van der Waals surface area contributed by atoms with Gasteiger partial charge in [0.05, 0.1) is 19.6 Å². The Balaban J connectivity index is 1.50. The lowest BCUT2D eigenvalue weighted by atomic mass is 9.98. The number of rotatable bonds is 9. The van der Waals surface area contributed by atoms with E-state index in [1.165, 1.54) is 6.07 Å². The smallest absolute Gasteiger partial charge is 0.303 e. The van der Waals surface area contributed by atoms with E-state index in [0.717, 1.165) is 24.2 Å². The van der Waals surface area contributed by atoms with Crippen LogP contribution in [0.1, 0.15) is 37.7 Å². The van der Waals surface area contributed by atoms with Gasteiger partial charge < -0.3 is 14.6 Å². The molecule has 0 radical (unpaired) electrons. The molecule has 1 atom stereocenters. The van der Waals surface area contributed by atoms with Crippen molar-refractivity contribution in [3.05, 3.63) is 59.9 Å². The summed E-state index contributed by atoms with van der Waals surface area (Å²) in [6.07, 6.45) is 2.10. The predicted molar refractivity (Wildman–Crippen MR) is 96.2 cm³/mol. The molecule has 2 aromatic carbocycles. The van der Waals surface area contributed by atoms with Gasteiger partial charge in [0.1, 0.15) is 5.75 Å². The number of carbonyl (C=O) groups is 1. The van der Waals surface area contributed by atoms with Gasteiger partial charge in [-0.3, -0.25) is 4.79 Å². The molecule has 1 fully saturated rings. The summed E-state index contributed by atoms with van der Waals surface area (Å²) in [5.41, 5.74) is 0.918. The number of hydrogen-bond donors (Lipinski definition) is 1. The van der Waals surface area contributed by atoms with Gasteiger partial charge >= 0.3 is 5.97 Å². The summed E-state index contributed by atoms with van der Waals surface area (Å²) in [7, 11) is 0. The monoisotopic (exact) mass is 358 g/mol. The van der Waals surface area contributed by atoms with Gasteiger partial charge in [0.2, 0.25) is 0 Å². The Hall–Kier alpha value is -2.56. The molecule has 26 heavy (non-hydrogen) atoms. The van der Waals surface area contributed by atoms with Crippen LogP contribution in [0.5, 0.6) is 11.5 Å². The van der Waals surface area contributed by atoms with Crippen LogP contribution in [-0.4, -0.2) is 24.3 Å². The maximum absolute atomic E-state index is 13.6. The molecule has 4 nitrogen and oxygen atoms in total. The lowest BCUT2D eigenvalue weighted by Gasteiger charge is -2.18. The highest BCUT2D eigenvalue weighted by molar-refractivity contribution is 5.67. The molecule has 0 saturated heterocycles. The van der Waals surface area contributed by atoms with Gasteiger partial charge in [0.25, 0.3) is 0 Å². The molecule has 1 saturated carbocycles. The molecule has 0 aromatic heterocycles. The first-order valence-corrected chi connectivity index (χ1v) is 8.79. The van der Waals surface area contributed by atoms with Crippen molar-refractivity contribution in [2.24, 2.45) is 5.41 Å². The fraction of sp³-hybridized carbons (Fsp3) is 0.381. The second-order valence-corrected chi connectivity index (χ2v) is 7.08. The van der Waals surface area contributed by atoms with E-state index in [9.17, 15) is 9.18 Å². The number of benzene rings is 2. The molecule has 1 N–H and O–H groups in total. The summed E-state index contributed by atoms with van der Waals surface area (Å²) in [5.74, 6) is -0.173. The summed E-state index contributed by atoms with van der Waals surface area (Å²) in [6.45, 7) is 2.84. The maximum atomic E-state index is 13.6. The van der Waals surface area contributed by atoms with Gasteiger partial charge in [-0.05, 0) is 48.6 Å². The summed E-state index contributed by atoms with van der Waals surface area (Å²) in [4.78, 5) is 10.8. The number of carboxylic acids is 1. The minimum absolute atomic E-state index is 0.0366. The van der Waals surface area contributed by atoms with Crippen LogP contribution < -0.4 is 9.47 Å². The van der Waals surface area contributed by atoms with E-state index in [4.69, 9.17) is 14.6 Å². The molecule has 0 aliphatic heterocycles. The number of para-hydroxylation sites is 1. The second kappa shape index (κ2) is 7.77. The van der Waals surface area contributed by atoms with Crippen LogP contribution in [-0.2, 0) is 4.79 Å². The number of halogens is 1. The average molecular weight is 358 g/mol. The Morgan fingerprint density at radius 2 is 1.77 bits per heavy atom. The standard InChI is InChI=1S/C21H23FO4/c1-15(12-20(23)24)16-6-8-17(9-7-16)25-13-21(10-11-21)14-26-19-5-3-2-4-18(19)22/h2-9,15H,10-14H2,1H3,(H,23,24). The largest absolute Gasteiger partial charge is 0.493 e. The van der Waals surface area contributed by atoms with Gasteiger partial charge in [0.15, 0.2) is 11.6 Å². The summed E-state index contributed by atoms with van der Waals surface area (Å²) in [5, 5.41) is 8.87. The zero-order valence-corrected chi connectivity index (χ0v) is 14.8. The van der Waals surface area contributed by atoms with Crippen molar-refractivity contribution in [2.75, 3.05) is 13.2 Å². The third kappa shape index (κ3) is 4.75. The molecule has 1 aliphatic rings. The fourth-order valence-electron chi connectivity index (χ4n) is 2.81. The molecular formula is C21H23FO4. The van der Waals surface area contributed by atoms with Crippen LogP contribution in [0.15, 0.2) is 48.5 Å². The molecule has 138 valence electrons. The summed E-state index contributed by atoms with van der Waals surface area (Å²) >= 11 is 0. The normalized spacial score (nSPS) is 15.9. The SMILES string of the molecule is CC(CC(=O)O)c1ccc(OCC2(COc3ccccc3F)CC2)cc1. The summed E-state index contributed by atoms with van der Waals surface area (Å²) in [6, 6.07) is 13.9. The highest BCUT2D eigenvalue weighted by Gasteiger charge is 2.44. The lowest BCUT2D eigenvalue weighted by molar-refractivity contribution is -0.137. The van der Waals surface area contributed by atoms with Crippen LogP contribution in [0.25, 0.3) is 0 Å². The quantitative estimate of drug-likeness (QED) is 0.709. The van der Waals surface area contributed by atoms with Crippen molar-refractivity contribution >= 4 is 5.97 Å². The van der Waals surface area contributed by atoms with Gasteiger partial charge in [-0.15, -0.1) is 0 Å². The van der Waals surface area contributed by atoms with Crippen molar-refractivity contribution in [2.45, 2.75) is 32.1 Å². The average Bonchev–Trinajstić information content (AvgIpc) is 3.39. The van der Waals surface area contributed by atoms with E-state index in [1.807, 2.05) is 31.2 Å². The number of carboxylic acid groups (broad SMARTS) is 1. The fourth-order valence-corrected chi connectivity index (χ4v) is 2.81. The van der Waals surface area contributed by atoms with E-state index in [0.29, 0.717) is 13.2 Å². The molecule has 1 aliphatic carbocycles. The van der Waals surface area contributed by atoms with Crippen LogP contribution in [0, 0.1) is 11.2 Å². The third-order valence-corrected chi connectivity index (χ3v) is 4.80. The molecule has 1 unspecified atom stereocenters. The first kappa shape index (κ1) is 18.2. The van der Waals surface area contributed by atoms with Gasteiger partial charge in [-0.2, -0.15) is 0 Å². The minimum Gasteiger partial charge on any atom is -0.493 e. The Kier molecular flexibility index (Phi) is 5.45. The van der Waals surface area contributed by atoms with Crippen LogP contribution in [0.3, 0.4) is 0 Å². The highest BCUT2D eigenvalue weighted by Crippen LogP contribution is 2.46. The summed E-state index contributed by atoms with van der Waals surface area (Å²) < 4.78 is 25.1. The molecular weight excluding hydrogens is 335 g/mol. The van der Waals surface area contributed by atoms with Crippen molar-refractivity contribution < 1.29 is 23.8 Å². The first-order chi connectivity index (χ1) is 12.5. The van der Waals surface area contributed by atoms with Crippen LogP contribution in [0.4, 0.5) is 4.39 Å². The Morgan fingerprint density at radius 3 is 2.38 bits per heavy atom. The van der Waals surface area contributed by atoms with Crippen molar-refractivity contribution in [3.63, 3.8) is 0 Å². The number of hydrogen-bond acceptors (Lipinski definition) is 3. The van der Waals surface area contributed by atoms with E-state index in [2.05, 4.69) is 0 Å². The van der Waals surface area contributed by atoms with Gasteiger partial charge in [0, 0.05) is 5.41 Å². The first-order valence-electron chi connectivity index (χ1n) is 8.79. The van der Waals surface area contributed by atoms with Gasteiger partial charge in [-0.1, -0.05) is 31.2 Å². The van der Waals surface area contributed by atoms with E-state index >= 15 is 0 Å². The van der Waals surface area contributed by atoms with Crippen LogP contribution in [0.2, 0.25) is 0 Å². The lowest BCUT2D eigenvalue weighted by Crippen LogP contribution is -2.21. The minimum atomic E-state index is -0.802. The van der Waals surface area contributed by atoms with Crippen LogP contribution >= 0.6 is 0 Å². The number of aliphatic carboxylic acids is 1. The Morgan fingerprint density at radius 1 is 1.12 bits per heavy atom. The van der Waals surface area contributed by atoms with E-state index in [1.54, 1.807) is 18.2 Å². The zero-order chi connectivity index (χ0) is 18.6. The molecule has 0 amide bonds. The Bertz CT molecular complexity index is 753. The molecule has 0 heterocycles. The van der Waals surface area contributed by atoms with Crippen molar-refractivity contribution in [3.8, 4) is 11.5 Å². The zero-order valence-electron chi connectivity index (χ0n) is 14.8. The maximum Gasteiger partial charge on any atom is 0.303 e. The van der Waals surface area contributed by atoms with E-state index in [-0.39, 0.29) is 29.3 Å². The third-order valence-electron chi connectivity index (χ3n) is 4.80. The highest BCUT2D eigenvalue weighted by atomic mass is 19.1.